The second kappa shape index (κ2) is 9.04. The Kier molecular flexibility index (Phi) is 5.98. The summed E-state index contributed by atoms with van der Waals surface area (Å²) in [6.45, 7) is 6.35. The fraction of sp³-hybridized carbons (Fsp3) is 0.600. The van der Waals surface area contributed by atoms with Crippen LogP contribution in [0.25, 0.3) is 17.0 Å². The van der Waals surface area contributed by atoms with Gasteiger partial charge in [-0.1, -0.05) is 32.6 Å². The summed E-state index contributed by atoms with van der Waals surface area (Å²) in [5, 5.41) is 5.02. The normalized spacial score (nSPS) is 17.4. The van der Waals surface area contributed by atoms with Gasteiger partial charge in [0.2, 0.25) is 0 Å². The van der Waals surface area contributed by atoms with E-state index in [-0.39, 0.29) is 0 Å². The maximum absolute atomic E-state index is 5.03. The number of rotatable bonds is 6. The molecule has 1 saturated carbocycles. The van der Waals surface area contributed by atoms with Crippen LogP contribution in [-0.2, 0) is 6.42 Å². The monoisotopic (exact) mass is 433 g/mol. The van der Waals surface area contributed by atoms with Crippen LogP contribution < -0.4 is 9.80 Å². The van der Waals surface area contributed by atoms with Crippen LogP contribution in [0.3, 0.4) is 0 Å². The van der Waals surface area contributed by atoms with E-state index in [1.165, 1.54) is 44.9 Å². The highest BCUT2D eigenvalue weighted by Crippen LogP contribution is 2.31. The molecule has 0 N–H and O–H groups in total. The molecule has 0 spiro atoms. The summed E-state index contributed by atoms with van der Waals surface area (Å²) in [4.78, 5) is 19.4. The fourth-order valence-corrected chi connectivity index (χ4v) is 5.18. The summed E-state index contributed by atoms with van der Waals surface area (Å²) in [6, 6.07) is 4.89. The smallest absolute Gasteiger partial charge is 0.160 e. The van der Waals surface area contributed by atoms with E-state index in [9.17, 15) is 0 Å². The number of aromatic nitrogens is 5. The quantitative estimate of drug-likeness (QED) is 0.556. The lowest BCUT2D eigenvalue weighted by atomic mass is 9.94. The molecule has 0 radical (unpaired) electrons. The van der Waals surface area contributed by atoms with Gasteiger partial charge in [0.15, 0.2) is 5.65 Å². The first-order valence-electron chi connectivity index (χ1n) is 12.4. The summed E-state index contributed by atoms with van der Waals surface area (Å²) in [5.41, 5.74) is 4.56. The van der Waals surface area contributed by atoms with Crippen molar-refractivity contribution in [3.8, 4) is 11.4 Å². The molecule has 7 nitrogen and oxygen atoms in total. The highest BCUT2D eigenvalue weighted by atomic mass is 15.4. The van der Waals surface area contributed by atoms with Crippen LogP contribution in [0.4, 0.5) is 11.6 Å². The zero-order valence-corrected chi connectivity index (χ0v) is 19.7. The lowest BCUT2D eigenvalue weighted by Crippen LogP contribution is -2.35. The van der Waals surface area contributed by atoms with Crippen LogP contribution >= 0.6 is 0 Å². The van der Waals surface area contributed by atoms with E-state index >= 15 is 0 Å². The molecule has 0 bridgehead atoms. The van der Waals surface area contributed by atoms with Crippen molar-refractivity contribution in [2.45, 2.75) is 77.7 Å². The Balaban J connectivity index is 1.61. The molecule has 0 atom stereocenters. The number of fused-ring (bicyclic) bond motifs is 1. The van der Waals surface area contributed by atoms with Gasteiger partial charge >= 0.3 is 0 Å². The molecule has 4 heterocycles. The van der Waals surface area contributed by atoms with Gasteiger partial charge in [0, 0.05) is 44.5 Å². The molecule has 3 aromatic rings. The third kappa shape index (κ3) is 4.05. The lowest BCUT2D eigenvalue weighted by molar-refractivity contribution is 0.424. The van der Waals surface area contributed by atoms with Crippen LogP contribution in [0, 0.1) is 6.92 Å². The van der Waals surface area contributed by atoms with E-state index in [0.717, 1.165) is 66.0 Å². The molecule has 32 heavy (non-hydrogen) atoms. The summed E-state index contributed by atoms with van der Waals surface area (Å²) in [7, 11) is 2.23. The van der Waals surface area contributed by atoms with Gasteiger partial charge < -0.3 is 9.80 Å². The van der Waals surface area contributed by atoms with Gasteiger partial charge in [-0.25, -0.2) is 9.97 Å². The molecule has 0 aromatic carbocycles. The number of aryl methyl sites for hydroxylation is 2. The lowest BCUT2D eigenvalue weighted by Gasteiger charge is -2.33. The van der Waals surface area contributed by atoms with E-state index in [2.05, 4.69) is 40.9 Å². The third-order valence-electron chi connectivity index (χ3n) is 7.06. The van der Waals surface area contributed by atoms with E-state index in [1.54, 1.807) is 0 Å². The second-order valence-corrected chi connectivity index (χ2v) is 9.41. The molecule has 1 aliphatic carbocycles. The zero-order valence-electron chi connectivity index (χ0n) is 19.7. The first kappa shape index (κ1) is 21.2. The Morgan fingerprint density at radius 3 is 2.56 bits per heavy atom. The van der Waals surface area contributed by atoms with E-state index in [1.807, 2.05) is 17.6 Å². The third-order valence-corrected chi connectivity index (χ3v) is 7.06. The van der Waals surface area contributed by atoms with Crippen LogP contribution in [-0.4, -0.2) is 50.7 Å². The van der Waals surface area contributed by atoms with Gasteiger partial charge in [-0.2, -0.15) is 9.61 Å². The Morgan fingerprint density at radius 1 is 1.03 bits per heavy atom. The van der Waals surface area contributed by atoms with E-state index < -0.39 is 0 Å². The van der Waals surface area contributed by atoms with Crippen LogP contribution in [0.15, 0.2) is 18.3 Å². The Morgan fingerprint density at radius 2 is 1.81 bits per heavy atom. The SMILES string of the molecule is CCCc1cnc(C)c(-c2cc3nc(N4CCCC4)cc(N(C)C4CCCCC4)n3n2)n1. The van der Waals surface area contributed by atoms with Crippen molar-refractivity contribution in [1.29, 1.82) is 0 Å². The highest BCUT2D eigenvalue weighted by Gasteiger charge is 2.24. The average Bonchev–Trinajstić information content (AvgIpc) is 3.50. The number of nitrogens with zero attached hydrogens (tertiary/aromatic N) is 7. The van der Waals surface area contributed by atoms with Crippen LogP contribution in [0.1, 0.15) is 69.7 Å². The van der Waals surface area contributed by atoms with Crippen LogP contribution in [0.5, 0.6) is 0 Å². The number of anilines is 2. The highest BCUT2D eigenvalue weighted by molar-refractivity contribution is 5.67. The molecule has 0 amide bonds. The van der Waals surface area contributed by atoms with Gasteiger partial charge in [-0.3, -0.25) is 4.98 Å². The minimum absolute atomic E-state index is 0.558. The minimum Gasteiger partial charge on any atom is -0.356 e. The minimum atomic E-state index is 0.558. The second-order valence-electron chi connectivity index (χ2n) is 9.41. The topological polar surface area (TPSA) is 62.5 Å². The molecule has 3 aromatic heterocycles. The van der Waals surface area contributed by atoms with Gasteiger partial charge in [0.05, 0.1) is 11.4 Å². The summed E-state index contributed by atoms with van der Waals surface area (Å²) in [5.74, 6) is 2.20. The van der Waals surface area contributed by atoms with Crippen molar-refractivity contribution in [1.82, 2.24) is 24.6 Å². The van der Waals surface area contributed by atoms with E-state index in [0.29, 0.717) is 6.04 Å². The first-order valence-corrected chi connectivity index (χ1v) is 12.4. The average molecular weight is 434 g/mol. The zero-order chi connectivity index (χ0) is 22.1. The number of hydrogen-bond donors (Lipinski definition) is 0. The Bertz CT molecular complexity index is 1080. The largest absolute Gasteiger partial charge is 0.356 e. The molecule has 1 saturated heterocycles. The molecule has 7 heteroatoms. The predicted octanol–water partition coefficient (Wildman–Crippen LogP) is 4.82. The van der Waals surface area contributed by atoms with Crippen molar-refractivity contribution in [2.75, 3.05) is 29.9 Å². The summed E-state index contributed by atoms with van der Waals surface area (Å²) in [6.07, 6.45) is 12.8. The summed E-state index contributed by atoms with van der Waals surface area (Å²) < 4.78 is 2.02. The maximum atomic E-state index is 5.03. The maximum Gasteiger partial charge on any atom is 0.160 e. The Hall–Kier alpha value is -2.70. The van der Waals surface area contributed by atoms with Crippen molar-refractivity contribution >= 4 is 17.3 Å². The molecule has 2 fully saturated rings. The van der Waals surface area contributed by atoms with E-state index in [4.69, 9.17) is 15.1 Å². The summed E-state index contributed by atoms with van der Waals surface area (Å²) >= 11 is 0. The Labute approximate surface area is 190 Å². The molecule has 5 rings (SSSR count). The molecular weight excluding hydrogens is 398 g/mol. The fourth-order valence-electron chi connectivity index (χ4n) is 5.18. The first-order chi connectivity index (χ1) is 15.6. The van der Waals surface area contributed by atoms with Gasteiger partial charge in [0.1, 0.15) is 23.0 Å². The molecule has 1 aliphatic heterocycles. The van der Waals surface area contributed by atoms with Crippen molar-refractivity contribution in [2.24, 2.45) is 0 Å². The van der Waals surface area contributed by atoms with Gasteiger partial charge in [-0.05, 0) is 39.0 Å². The van der Waals surface area contributed by atoms with Crippen molar-refractivity contribution in [3.05, 3.63) is 29.7 Å². The molecular formula is C25H35N7. The number of hydrogen-bond acceptors (Lipinski definition) is 6. The van der Waals surface area contributed by atoms with Gasteiger partial charge in [0.25, 0.3) is 0 Å². The molecule has 2 aliphatic rings. The van der Waals surface area contributed by atoms with Crippen molar-refractivity contribution in [3.63, 3.8) is 0 Å². The van der Waals surface area contributed by atoms with Gasteiger partial charge in [-0.15, -0.1) is 0 Å². The van der Waals surface area contributed by atoms with Crippen LogP contribution in [0.2, 0.25) is 0 Å². The molecule has 0 unspecified atom stereocenters. The standard InChI is InChI=1S/C25H35N7/c1-4-10-19-17-26-18(2)25(27-19)21-15-23-28-22(31-13-8-9-14-31)16-24(32(23)29-21)30(3)20-11-6-5-7-12-20/h15-17,20H,4-14H2,1-3H3. The predicted molar refractivity (Wildman–Crippen MR) is 129 cm³/mol. The van der Waals surface area contributed by atoms with Crippen molar-refractivity contribution < 1.29 is 0 Å². The molecule has 170 valence electrons.